The number of halogens is 4. The molecule has 0 unspecified atom stereocenters. The number of benzene rings is 2. The van der Waals surface area contributed by atoms with Gasteiger partial charge in [-0.2, -0.15) is 18.3 Å². The minimum atomic E-state index is -4.62. The van der Waals surface area contributed by atoms with Crippen molar-refractivity contribution >= 4 is 23.8 Å². The lowest BCUT2D eigenvalue weighted by Crippen LogP contribution is -2.11. The molecule has 2 aromatic heterocycles. The van der Waals surface area contributed by atoms with E-state index in [1.165, 1.54) is 6.21 Å². The van der Waals surface area contributed by atoms with Gasteiger partial charge in [-0.25, -0.2) is 15.4 Å². The van der Waals surface area contributed by atoms with Gasteiger partial charge in [-0.05, 0) is 42.5 Å². The topological polar surface area (TPSA) is 63.3 Å². The average molecular weight is 443 g/mol. The summed E-state index contributed by atoms with van der Waals surface area (Å²) in [4.78, 5) is 7.65. The number of hydrogen-bond acceptors (Lipinski definition) is 5. The smallest absolute Gasteiger partial charge is 0.433 e. The largest absolute Gasteiger partial charge is 0.455 e. The van der Waals surface area contributed by atoms with E-state index in [1.807, 2.05) is 12.1 Å². The van der Waals surface area contributed by atoms with E-state index < -0.39 is 11.9 Å². The van der Waals surface area contributed by atoms with Gasteiger partial charge in [0.2, 0.25) is 5.95 Å². The fourth-order valence-electron chi connectivity index (χ4n) is 2.74. The molecule has 0 aliphatic carbocycles. The number of hydrogen-bond donors (Lipinski definition) is 1. The average Bonchev–Trinajstić information content (AvgIpc) is 3.23. The third-order valence-corrected chi connectivity index (χ3v) is 4.45. The van der Waals surface area contributed by atoms with Gasteiger partial charge in [-0.1, -0.05) is 41.9 Å². The number of nitrogens with zero attached hydrogens (tertiary/aromatic N) is 3. The van der Waals surface area contributed by atoms with Crippen molar-refractivity contribution in [2.75, 3.05) is 5.43 Å². The van der Waals surface area contributed by atoms with E-state index in [4.69, 9.17) is 16.0 Å². The highest BCUT2D eigenvalue weighted by atomic mass is 35.5. The van der Waals surface area contributed by atoms with Crippen molar-refractivity contribution < 1.29 is 17.6 Å². The molecule has 5 nitrogen and oxygen atoms in total. The number of furan rings is 1. The summed E-state index contributed by atoms with van der Waals surface area (Å²) in [6.07, 6.45) is -3.30. The first kappa shape index (κ1) is 20.6. The lowest BCUT2D eigenvalue weighted by Gasteiger charge is -2.10. The van der Waals surface area contributed by atoms with E-state index in [1.54, 1.807) is 54.6 Å². The lowest BCUT2D eigenvalue weighted by molar-refractivity contribution is -0.141. The summed E-state index contributed by atoms with van der Waals surface area (Å²) in [7, 11) is 0. The van der Waals surface area contributed by atoms with Crippen LogP contribution >= 0.6 is 11.6 Å². The van der Waals surface area contributed by atoms with Crippen LogP contribution in [-0.4, -0.2) is 16.2 Å². The van der Waals surface area contributed by atoms with Crippen molar-refractivity contribution in [2.24, 2.45) is 5.10 Å². The van der Waals surface area contributed by atoms with Crippen molar-refractivity contribution in [3.8, 4) is 22.6 Å². The Kier molecular flexibility index (Phi) is 5.73. The molecule has 156 valence electrons. The molecule has 0 spiro atoms. The molecule has 0 saturated carbocycles. The van der Waals surface area contributed by atoms with Gasteiger partial charge in [0.05, 0.1) is 11.9 Å². The number of rotatable bonds is 5. The van der Waals surface area contributed by atoms with E-state index in [0.29, 0.717) is 22.1 Å². The van der Waals surface area contributed by atoms with Crippen LogP contribution in [0.1, 0.15) is 11.5 Å². The van der Waals surface area contributed by atoms with E-state index in [9.17, 15) is 13.2 Å². The second-order valence-electron chi connectivity index (χ2n) is 6.40. The molecule has 9 heteroatoms. The second-order valence-corrected chi connectivity index (χ2v) is 6.84. The Labute approximate surface area is 180 Å². The number of aromatic nitrogens is 2. The lowest BCUT2D eigenvalue weighted by atomic mass is 10.1. The van der Waals surface area contributed by atoms with Crippen molar-refractivity contribution in [3.05, 3.63) is 89.3 Å². The molecule has 2 aromatic carbocycles. The summed E-state index contributed by atoms with van der Waals surface area (Å²) in [5, 5.41) is 4.52. The van der Waals surface area contributed by atoms with Crippen LogP contribution in [0.5, 0.6) is 0 Å². The Hall–Kier alpha value is -3.65. The molecule has 0 radical (unpaired) electrons. The Morgan fingerprint density at radius 2 is 1.65 bits per heavy atom. The SMILES string of the molecule is FC(F)(F)c1cc(-c2ccccc2)nc(N/N=C\c2ccc(-c3ccc(Cl)cc3)o2)n1. The van der Waals surface area contributed by atoms with Crippen molar-refractivity contribution in [2.45, 2.75) is 6.18 Å². The summed E-state index contributed by atoms with van der Waals surface area (Å²) in [5.41, 5.74) is 2.86. The Bertz CT molecular complexity index is 1210. The van der Waals surface area contributed by atoms with Crippen LogP contribution in [-0.2, 0) is 6.18 Å². The molecule has 0 saturated heterocycles. The summed E-state index contributed by atoms with van der Waals surface area (Å²) in [6.45, 7) is 0. The number of anilines is 1. The van der Waals surface area contributed by atoms with Gasteiger partial charge in [0, 0.05) is 16.1 Å². The highest BCUT2D eigenvalue weighted by Crippen LogP contribution is 2.31. The highest BCUT2D eigenvalue weighted by molar-refractivity contribution is 6.30. The highest BCUT2D eigenvalue weighted by Gasteiger charge is 2.33. The molecule has 0 fully saturated rings. The van der Waals surface area contributed by atoms with Crippen LogP contribution in [0.15, 0.2) is 82.3 Å². The quantitative estimate of drug-likeness (QED) is 0.282. The molecule has 0 amide bonds. The Balaban J connectivity index is 1.55. The van der Waals surface area contributed by atoms with E-state index in [0.717, 1.165) is 11.6 Å². The zero-order valence-corrected chi connectivity index (χ0v) is 16.5. The van der Waals surface area contributed by atoms with E-state index >= 15 is 0 Å². The zero-order valence-electron chi connectivity index (χ0n) is 15.8. The maximum atomic E-state index is 13.3. The summed E-state index contributed by atoms with van der Waals surface area (Å²) in [5.74, 6) is 0.710. The third kappa shape index (κ3) is 5.10. The van der Waals surface area contributed by atoms with Crippen molar-refractivity contribution in [3.63, 3.8) is 0 Å². The molecule has 2 heterocycles. The molecule has 4 rings (SSSR count). The fourth-order valence-corrected chi connectivity index (χ4v) is 2.87. The molecule has 31 heavy (non-hydrogen) atoms. The standard InChI is InChI=1S/C22H14ClF3N4O/c23-16-8-6-15(7-9-16)19-11-10-17(31-19)13-27-30-21-28-18(14-4-2-1-3-5-14)12-20(29-21)22(24,25)26/h1-13H,(H,28,29,30)/b27-13-. The predicted octanol–water partition coefficient (Wildman–Crippen LogP) is 6.52. The van der Waals surface area contributed by atoms with Crippen LogP contribution in [0.3, 0.4) is 0 Å². The van der Waals surface area contributed by atoms with Gasteiger partial charge in [0.25, 0.3) is 0 Å². The van der Waals surface area contributed by atoms with Crippen LogP contribution in [0.25, 0.3) is 22.6 Å². The number of nitrogens with one attached hydrogen (secondary N) is 1. The molecule has 0 aliphatic heterocycles. The molecular formula is C22H14ClF3N4O. The van der Waals surface area contributed by atoms with Crippen LogP contribution in [0, 0.1) is 0 Å². The van der Waals surface area contributed by atoms with Crippen LogP contribution in [0.2, 0.25) is 5.02 Å². The molecule has 4 aromatic rings. The molecule has 1 N–H and O–H groups in total. The molecule has 0 atom stereocenters. The minimum absolute atomic E-state index is 0.128. The minimum Gasteiger partial charge on any atom is -0.455 e. The van der Waals surface area contributed by atoms with Crippen molar-refractivity contribution in [1.82, 2.24) is 9.97 Å². The maximum absolute atomic E-state index is 13.3. The Morgan fingerprint density at radius 3 is 2.35 bits per heavy atom. The molecular weight excluding hydrogens is 429 g/mol. The van der Waals surface area contributed by atoms with E-state index in [-0.39, 0.29) is 11.6 Å². The van der Waals surface area contributed by atoms with Crippen LogP contribution in [0.4, 0.5) is 19.1 Å². The van der Waals surface area contributed by atoms with Gasteiger partial charge in [0.1, 0.15) is 11.5 Å². The van der Waals surface area contributed by atoms with Gasteiger partial charge in [-0.15, -0.1) is 0 Å². The van der Waals surface area contributed by atoms with Crippen LogP contribution < -0.4 is 5.43 Å². The first-order chi connectivity index (χ1) is 14.9. The van der Waals surface area contributed by atoms with Gasteiger partial charge in [-0.3, -0.25) is 0 Å². The second kappa shape index (κ2) is 8.61. The fraction of sp³-hybridized carbons (Fsp3) is 0.0455. The maximum Gasteiger partial charge on any atom is 0.433 e. The zero-order chi connectivity index (χ0) is 21.8. The predicted molar refractivity (Wildman–Crippen MR) is 113 cm³/mol. The first-order valence-corrected chi connectivity index (χ1v) is 9.43. The van der Waals surface area contributed by atoms with Gasteiger partial charge < -0.3 is 4.42 Å². The molecule has 0 bridgehead atoms. The Morgan fingerprint density at radius 1 is 0.903 bits per heavy atom. The van der Waals surface area contributed by atoms with Gasteiger partial charge >= 0.3 is 6.18 Å². The van der Waals surface area contributed by atoms with Crippen molar-refractivity contribution in [1.29, 1.82) is 0 Å². The number of hydrazone groups is 1. The summed E-state index contributed by atoms with van der Waals surface area (Å²) < 4.78 is 45.4. The monoisotopic (exact) mass is 442 g/mol. The summed E-state index contributed by atoms with van der Waals surface area (Å²) >= 11 is 5.88. The van der Waals surface area contributed by atoms with E-state index in [2.05, 4.69) is 20.5 Å². The number of alkyl halides is 3. The molecule has 0 aliphatic rings. The third-order valence-electron chi connectivity index (χ3n) is 4.20. The summed E-state index contributed by atoms with van der Waals surface area (Å²) in [6, 6.07) is 19.9. The first-order valence-electron chi connectivity index (χ1n) is 9.05. The normalized spacial score (nSPS) is 11.7. The van der Waals surface area contributed by atoms with Gasteiger partial charge in [0.15, 0.2) is 5.69 Å².